The highest BCUT2D eigenvalue weighted by Crippen LogP contribution is 2.36. The number of benzene rings is 2. The molecule has 2 aromatic carbocycles. The number of rotatable bonds is 6. The number of imidazole rings is 1. The lowest BCUT2D eigenvalue weighted by Gasteiger charge is -2.34. The van der Waals surface area contributed by atoms with Crippen LogP contribution in [0.5, 0.6) is 0 Å². The highest BCUT2D eigenvalue weighted by molar-refractivity contribution is 7.80. The van der Waals surface area contributed by atoms with Crippen molar-refractivity contribution in [2.24, 2.45) is 5.73 Å². The molecule has 1 fully saturated rings. The summed E-state index contributed by atoms with van der Waals surface area (Å²) in [4.78, 5) is 49.0. The van der Waals surface area contributed by atoms with E-state index in [4.69, 9.17) is 34.3 Å². The minimum atomic E-state index is -0.735. The Hall–Kier alpha value is -3.96. The molecule has 1 saturated heterocycles. The van der Waals surface area contributed by atoms with Crippen LogP contribution in [-0.4, -0.2) is 50.0 Å². The molecule has 1 aliphatic heterocycles. The van der Waals surface area contributed by atoms with E-state index < -0.39 is 23.5 Å². The Bertz CT molecular complexity index is 1460. The second-order valence-electron chi connectivity index (χ2n) is 11.1. The van der Waals surface area contributed by atoms with Crippen molar-refractivity contribution in [2.75, 3.05) is 11.4 Å². The summed E-state index contributed by atoms with van der Waals surface area (Å²) in [6, 6.07) is 13.8. The lowest BCUT2D eigenvalue weighted by atomic mass is 9.95. The van der Waals surface area contributed by atoms with Crippen molar-refractivity contribution in [1.29, 1.82) is 0 Å². The number of anilines is 1. The summed E-state index contributed by atoms with van der Waals surface area (Å²) in [5.41, 5.74) is 7.00. The van der Waals surface area contributed by atoms with Crippen molar-refractivity contribution in [3.05, 3.63) is 82.3 Å². The summed E-state index contributed by atoms with van der Waals surface area (Å²) < 4.78 is 5.77. The molecule has 0 radical (unpaired) electrons. The summed E-state index contributed by atoms with van der Waals surface area (Å²) >= 11 is 12.2. The Kier molecular flexibility index (Phi) is 9.85. The summed E-state index contributed by atoms with van der Waals surface area (Å²) in [5, 5.41) is 3.27. The van der Waals surface area contributed by atoms with Gasteiger partial charge in [-0.3, -0.25) is 19.8 Å². The van der Waals surface area contributed by atoms with Crippen LogP contribution >= 0.6 is 23.8 Å². The maximum Gasteiger partial charge on any atom is 0.410 e. The monoisotopic (exact) mass is 610 g/mol. The molecule has 1 aromatic heterocycles. The van der Waals surface area contributed by atoms with Crippen molar-refractivity contribution >= 4 is 52.7 Å². The number of amides is 3. The Balaban J connectivity index is 1.74. The second kappa shape index (κ2) is 13.3. The van der Waals surface area contributed by atoms with Gasteiger partial charge in [-0.15, -0.1) is 0 Å². The van der Waals surface area contributed by atoms with Gasteiger partial charge in [0.25, 0.3) is 11.8 Å². The molecule has 2 heterocycles. The number of nitrogens with zero attached hydrogens (tertiary/aromatic N) is 3. The molecule has 3 aromatic rings. The minimum Gasteiger partial charge on any atom is -0.444 e. The number of ether oxygens (including phenoxy) is 1. The standard InChI is InChI=1S/C30H35ClN6O4S/c1-30(2,3)41-29(40)36-15-9-5-8-12-23(36)22-16-21(31)14-13-20(22)17-37(26-24(25(32)38)33-18-34-26)28(42)35-27(39)19-10-6-4-7-11-19/h4,6-7,10-11,13-14,16,18,23H,5,8-9,12,15,17H2,1-3H3,(H2,32,38)(H,33,34)(H,35,39,42)/t23-/m1/s1. The van der Waals surface area contributed by atoms with Gasteiger partial charge in [-0.1, -0.05) is 48.7 Å². The van der Waals surface area contributed by atoms with Crippen molar-refractivity contribution < 1.29 is 19.1 Å². The number of aromatic nitrogens is 2. The quantitative estimate of drug-likeness (QED) is 0.303. The molecule has 1 aliphatic rings. The first-order chi connectivity index (χ1) is 19.9. The predicted octanol–water partition coefficient (Wildman–Crippen LogP) is 5.74. The maximum absolute atomic E-state index is 13.4. The molecule has 4 rings (SSSR count). The van der Waals surface area contributed by atoms with Gasteiger partial charge in [-0.25, -0.2) is 9.78 Å². The number of hydrogen-bond donors (Lipinski definition) is 3. The molecular weight excluding hydrogens is 576 g/mol. The van der Waals surface area contributed by atoms with E-state index in [9.17, 15) is 14.4 Å². The van der Waals surface area contributed by atoms with E-state index in [1.165, 1.54) is 11.2 Å². The van der Waals surface area contributed by atoms with Crippen molar-refractivity contribution in [1.82, 2.24) is 20.2 Å². The highest BCUT2D eigenvalue weighted by atomic mass is 35.5. The van der Waals surface area contributed by atoms with Gasteiger partial charge in [0.1, 0.15) is 11.3 Å². The molecule has 0 spiro atoms. The number of hydrogen-bond acceptors (Lipinski definition) is 6. The molecule has 4 N–H and O–H groups in total. The van der Waals surface area contributed by atoms with Gasteiger partial charge in [-0.2, -0.15) is 0 Å². The highest BCUT2D eigenvalue weighted by Gasteiger charge is 2.33. The molecule has 10 nitrogen and oxygen atoms in total. The van der Waals surface area contributed by atoms with Gasteiger partial charge in [0, 0.05) is 17.1 Å². The van der Waals surface area contributed by atoms with Crippen LogP contribution in [0.25, 0.3) is 0 Å². The number of nitrogens with one attached hydrogen (secondary N) is 2. The summed E-state index contributed by atoms with van der Waals surface area (Å²) in [5.74, 6) is -0.995. The van der Waals surface area contributed by atoms with Crippen LogP contribution in [0.2, 0.25) is 5.02 Å². The van der Waals surface area contributed by atoms with E-state index in [2.05, 4.69) is 15.3 Å². The molecule has 12 heteroatoms. The molecule has 0 bridgehead atoms. The van der Waals surface area contributed by atoms with Crippen LogP contribution in [-0.2, 0) is 11.3 Å². The lowest BCUT2D eigenvalue weighted by molar-refractivity contribution is 0.0162. The van der Waals surface area contributed by atoms with E-state index in [1.54, 1.807) is 41.3 Å². The van der Waals surface area contributed by atoms with Gasteiger partial charge < -0.3 is 20.4 Å². The van der Waals surface area contributed by atoms with E-state index >= 15 is 0 Å². The summed E-state index contributed by atoms with van der Waals surface area (Å²) in [7, 11) is 0. The van der Waals surface area contributed by atoms with Crippen LogP contribution in [0.3, 0.4) is 0 Å². The molecular formula is C30H35ClN6O4S. The van der Waals surface area contributed by atoms with Crippen LogP contribution in [0.4, 0.5) is 10.6 Å². The molecule has 0 unspecified atom stereocenters. The smallest absolute Gasteiger partial charge is 0.410 e. The number of H-pyrrole nitrogens is 1. The van der Waals surface area contributed by atoms with Crippen LogP contribution < -0.4 is 16.0 Å². The SMILES string of the molecule is CC(C)(C)OC(=O)N1CCCCC[C@@H]1c1cc(Cl)ccc1CN(C(=S)NC(=O)c1ccccc1)c1nc[nH]c1C(N)=O. The Morgan fingerprint density at radius 3 is 2.60 bits per heavy atom. The zero-order chi connectivity index (χ0) is 30.4. The first-order valence-corrected chi connectivity index (χ1v) is 14.5. The molecule has 222 valence electrons. The molecule has 1 atom stereocenters. The first kappa shape index (κ1) is 31.0. The average Bonchev–Trinajstić information content (AvgIpc) is 3.29. The maximum atomic E-state index is 13.4. The first-order valence-electron chi connectivity index (χ1n) is 13.7. The van der Waals surface area contributed by atoms with Gasteiger partial charge in [0.05, 0.1) is 18.9 Å². The normalized spacial score (nSPS) is 15.4. The topological polar surface area (TPSA) is 134 Å². The van der Waals surface area contributed by atoms with E-state index in [-0.39, 0.29) is 29.2 Å². The molecule has 3 amide bonds. The van der Waals surface area contributed by atoms with Crippen molar-refractivity contribution in [2.45, 2.75) is 64.6 Å². The van der Waals surface area contributed by atoms with Crippen molar-refractivity contribution in [3.63, 3.8) is 0 Å². The van der Waals surface area contributed by atoms with Gasteiger partial charge >= 0.3 is 6.09 Å². The van der Waals surface area contributed by atoms with Gasteiger partial charge in [0.2, 0.25) is 0 Å². The Labute approximate surface area is 255 Å². The van der Waals surface area contributed by atoms with Gasteiger partial charge in [0.15, 0.2) is 10.9 Å². The van der Waals surface area contributed by atoms with E-state index in [1.807, 2.05) is 32.9 Å². The third-order valence-corrected chi connectivity index (χ3v) is 7.36. The number of thiocarbonyl (C=S) groups is 1. The number of halogens is 1. The third-order valence-electron chi connectivity index (χ3n) is 6.80. The van der Waals surface area contributed by atoms with E-state index in [0.717, 1.165) is 30.4 Å². The zero-order valence-electron chi connectivity index (χ0n) is 23.9. The number of nitrogens with two attached hydrogens (primary N) is 1. The largest absolute Gasteiger partial charge is 0.444 e. The molecule has 0 saturated carbocycles. The number of aromatic amines is 1. The Morgan fingerprint density at radius 2 is 1.90 bits per heavy atom. The Morgan fingerprint density at radius 1 is 1.17 bits per heavy atom. The predicted molar refractivity (Wildman–Crippen MR) is 165 cm³/mol. The lowest BCUT2D eigenvalue weighted by Crippen LogP contribution is -2.44. The van der Waals surface area contributed by atoms with E-state index in [0.29, 0.717) is 23.6 Å². The fourth-order valence-electron chi connectivity index (χ4n) is 4.90. The zero-order valence-corrected chi connectivity index (χ0v) is 25.4. The van der Waals surface area contributed by atoms with Gasteiger partial charge in [-0.05, 0) is 81.2 Å². The minimum absolute atomic E-state index is 0.0178. The van der Waals surface area contributed by atoms with Crippen LogP contribution in [0, 0.1) is 0 Å². The number of likely N-dealkylation sites (tertiary alicyclic amines) is 1. The summed E-state index contributed by atoms with van der Waals surface area (Å²) in [6.07, 6.45) is 4.38. The fourth-order valence-corrected chi connectivity index (χ4v) is 5.33. The van der Waals surface area contributed by atoms with Crippen molar-refractivity contribution in [3.8, 4) is 0 Å². The van der Waals surface area contributed by atoms with Crippen LogP contribution in [0.1, 0.15) is 84.5 Å². The summed E-state index contributed by atoms with van der Waals surface area (Å²) in [6.45, 7) is 6.15. The number of primary amides is 1. The fraction of sp³-hybridized carbons (Fsp3) is 0.367. The third kappa shape index (κ3) is 7.65. The number of carbonyl (C=O) groups is 3. The number of carbonyl (C=O) groups excluding carboxylic acids is 3. The second-order valence-corrected chi connectivity index (χ2v) is 11.9. The average molecular weight is 611 g/mol. The molecule has 42 heavy (non-hydrogen) atoms. The molecule has 0 aliphatic carbocycles. The van der Waals surface area contributed by atoms with Crippen LogP contribution in [0.15, 0.2) is 54.9 Å².